The normalized spacial score (nSPS) is 8.55. The van der Waals surface area contributed by atoms with Gasteiger partial charge in [-0.15, -0.1) is 11.6 Å². The fraction of sp³-hybridized carbons (Fsp3) is 0.125. The Kier molecular flexibility index (Phi) is 2.88. The van der Waals surface area contributed by atoms with Crippen LogP contribution < -0.4 is 0 Å². The molecule has 0 aliphatic carbocycles. The maximum atomic E-state index is 12.7. The Morgan fingerprint density at radius 2 is 2.45 bits per heavy atom. The smallest absolute Gasteiger partial charge is 0.227 e. The zero-order valence-electron chi connectivity index (χ0n) is 5.64. The van der Waals surface area contributed by atoms with Crippen LogP contribution in [0.2, 0.25) is 0 Å². The quantitative estimate of drug-likeness (QED) is 0.328. The zero-order chi connectivity index (χ0) is 8.10. The summed E-state index contributed by atoms with van der Waals surface area (Å²) >= 11 is 5.29. The standard InChI is InChI=1S/C8H5ClFN/c9-5-1-3-7-4-2-6-11-8(7)10/h2,4,6H,5H2. The molecule has 0 unspecified atom stereocenters. The van der Waals surface area contributed by atoms with E-state index in [1.807, 2.05) is 0 Å². The summed E-state index contributed by atoms with van der Waals surface area (Å²) in [4.78, 5) is 3.42. The molecule has 0 aromatic carbocycles. The molecule has 0 bridgehead atoms. The van der Waals surface area contributed by atoms with E-state index in [0.29, 0.717) is 0 Å². The Balaban J connectivity index is 2.95. The number of halogens is 2. The largest absolute Gasteiger partial charge is 0.228 e. The van der Waals surface area contributed by atoms with Crippen molar-refractivity contribution in [3.63, 3.8) is 0 Å². The van der Waals surface area contributed by atoms with Crippen molar-refractivity contribution in [2.45, 2.75) is 0 Å². The van der Waals surface area contributed by atoms with Crippen LogP contribution in [0.15, 0.2) is 18.3 Å². The molecule has 0 saturated carbocycles. The first-order valence-electron chi connectivity index (χ1n) is 3.00. The van der Waals surface area contributed by atoms with Gasteiger partial charge in [0.2, 0.25) is 5.95 Å². The van der Waals surface area contributed by atoms with Crippen molar-refractivity contribution in [1.82, 2.24) is 4.98 Å². The van der Waals surface area contributed by atoms with E-state index in [2.05, 4.69) is 16.8 Å². The van der Waals surface area contributed by atoms with Crippen molar-refractivity contribution in [2.24, 2.45) is 0 Å². The lowest BCUT2D eigenvalue weighted by Gasteiger charge is -1.88. The van der Waals surface area contributed by atoms with Crippen molar-refractivity contribution in [1.29, 1.82) is 0 Å². The third-order valence-corrected chi connectivity index (χ3v) is 1.18. The molecule has 0 radical (unpaired) electrons. The minimum Gasteiger partial charge on any atom is -0.227 e. The second-order valence-corrected chi connectivity index (χ2v) is 2.04. The first-order valence-corrected chi connectivity index (χ1v) is 3.53. The molecule has 0 fully saturated rings. The van der Waals surface area contributed by atoms with E-state index in [9.17, 15) is 4.39 Å². The van der Waals surface area contributed by atoms with Gasteiger partial charge in [0.05, 0.1) is 11.4 Å². The van der Waals surface area contributed by atoms with E-state index in [1.54, 1.807) is 12.1 Å². The Labute approximate surface area is 69.2 Å². The molecule has 0 N–H and O–H groups in total. The minimum atomic E-state index is -0.551. The molecule has 0 atom stereocenters. The van der Waals surface area contributed by atoms with Gasteiger partial charge in [-0.05, 0) is 12.1 Å². The number of hydrogen-bond donors (Lipinski definition) is 0. The van der Waals surface area contributed by atoms with E-state index in [-0.39, 0.29) is 11.4 Å². The van der Waals surface area contributed by atoms with Gasteiger partial charge < -0.3 is 0 Å². The van der Waals surface area contributed by atoms with Crippen LogP contribution in [0.3, 0.4) is 0 Å². The molecule has 1 aromatic heterocycles. The van der Waals surface area contributed by atoms with Gasteiger partial charge in [-0.3, -0.25) is 0 Å². The second kappa shape index (κ2) is 3.95. The van der Waals surface area contributed by atoms with Crippen LogP contribution in [0, 0.1) is 17.8 Å². The molecule has 1 nitrogen and oxygen atoms in total. The van der Waals surface area contributed by atoms with Crippen LogP contribution in [0.5, 0.6) is 0 Å². The molecule has 1 aromatic rings. The number of rotatable bonds is 0. The summed E-state index contributed by atoms with van der Waals surface area (Å²) in [7, 11) is 0. The number of aromatic nitrogens is 1. The maximum absolute atomic E-state index is 12.7. The van der Waals surface area contributed by atoms with Crippen LogP contribution in [-0.4, -0.2) is 10.9 Å². The van der Waals surface area contributed by atoms with Crippen LogP contribution >= 0.6 is 11.6 Å². The minimum absolute atomic E-state index is 0.203. The third kappa shape index (κ3) is 2.21. The summed E-state index contributed by atoms with van der Waals surface area (Å²) < 4.78 is 12.7. The number of pyridine rings is 1. The average Bonchev–Trinajstić information content (AvgIpc) is 2.03. The first-order chi connectivity index (χ1) is 5.34. The third-order valence-electron chi connectivity index (χ3n) is 1.05. The highest BCUT2D eigenvalue weighted by Crippen LogP contribution is 1.99. The van der Waals surface area contributed by atoms with Crippen molar-refractivity contribution in [3.05, 3.63) is 29.8 Å². The van der Waals surface area contributed by atoms with Gasteiger partial charge in [0.15, 0.2) is 0 Å². The van der Waals surface area contributed by atoms with Crippen molar-refractivity contribution < 1.29 is 4.39 Å². The predicted octanol–water partition coefficient (Wildman–Crippen LogP) is 1.81. The van der Waals surface area contributed by atoms with Crippen molar-refractivity contribution in [3.8, 4) is 11.8 Å². The fourth-order valence-corrected chi connectivity index (χ4v) is 0.675. The van der Waals surface area contributed by atoms with Crippen LogP contribution in [0.1, 0.15) is 5.56 Å². The summed E-state index contributed by atoms with van der Waals surface area (Å²) in [5.74, 6) is 4.74. The lowest BCUT2D eigenvalue weighted by atomic mass is 10.3. The molecular weight excluding hydrogens is 165 g/mol. The molecule has 0 aliphatic rings. The molecular formula is C8H5ClFN. The van der Waals surface area contributed by atoms with E-state index < -0.39 is 5.95 Å². The van der Waals surface area contributed by atoms with Gasteiger partial charge in [-0.2, -0.15) is 4.39 Å². The predicted molar refractivity (Wildman–Crippen MR) is 41.8 cm³/mol. The van der Waals surface area contributed by atoms with Crippen LogP contribution in [0.4, 0.5) is 4.39 Å². The summed E-state index contributed by atoms with van der Waals surface area (Å²) in [6.45, 7) is 0. The van der Waals surface area contributed by atoms with Gasteiger partial charge in [0.25, 0.3) is 0 Å². The highest BCUT2D eigenvalue weighted by Gasteiger charge is 1.95. The van der Waals surface area contributed by atoms with E-state index in [1.165, 1.54) is 6.20 Å². The fourth-order valence-electron chi connectivity index (χ4n) is 0.608. The Morgan fingerprint density at radius 3 is 3.09 bits per heavy atom. The monoisotopic (exact) mass is 169 g/mol. The van der Waals surface area contributed by atoms with E-state index in [4.69, 9.17) is 11.6 Å². The molecule has 56 valence electrons. The Morgan fingerprint density at radius 1 is 1.64 bits per heavy atom. The first kappa shape index (κ1) is 8.03. The Hall–Kier alpha value is -1.07. The molecule has 3 heteroatoms. The highest BCUT2D eigenvalue weighted by molar-refractivity contribution is 6.19. The summed E-state index contributed by atoms with van der Waals surface area (Å²) in [6.07, 6.45) is 1.38. The Bertz CT molecular complexity index is 300. The molecule has 0 amide bonds. The van der Waals surface area contributed by atoms with Gasteiger partial charge in [0.1, 0.15) is 0 Å². The second-order valence-electron chi connectivity index (χ2n) is 1.78. The molecule has 1 heterocycles. The zero-order valence-corrected chi connectivity index (χ0v) is 6.40. The van der Waals surface area contributed by atoms with Crippen LogP contribution in [-0.2, 0) is 0 Å². The number of alkyl halides is 1. The average molecular weight is 170 g/mol. The molecule has 0 aliphatic heterocycles. The number of nitrogens with zero attached hydrogens (tertiary/aromatic N) is 1. The summed E-state index contributed by atoms with van der Waals surface area (Å²) in [5, 5.41) is 0. The van der Waals surface area contributed by atoms with Crippen molar-refractivity contribution >= 4 is 11.6 Å². The molecule has 0 spiro atoms. The summed E-state index contributed by atoms with van der Waals surface area (Å²) in [6, 6.07) is 3.18. The number of hydrogen-bond acceptors (Lipinski definition) is 1. The van der Waals surface area contributed by atoms with Gasteiger partial charge >= 0.3 is 0 Å². The molecule has 1 rings (SSSR count). The van der Waals surface area contributed by atoms with Crippen LogP contribution in [0.25, 0.3) is 0 Å². The molecule has 0 saturated heterocycles. The van der Waals surface area contributed by atoms with Crippen molar-refractivity contribution in [2.75, 3.05) is 5.88 Å². The molecule has 11 heavy (non-hydrogen) atoms. The SMILES string of the molecule is Fc1ncccc1C#CCCl. The topological polar surface area (TPSA) is 12.9 Å². The van der Waals surface area contributed by atoms with Gasteiger partial charge in [-0.25, -0.2) is 4.98 Å². The highest BCUT2D eigenvalue weighted by atomic mass is 35.5. The lowest BCUT2D eigenvalue weighted by Crippen LogP contribution is -1.86. The van der Waals surface area contributed by atoms with E-state index >= 15 is 0 Å². The van der Waals surface area contributed by atoms with Gasteiger partial charge in [0, 0.05) is 6.20 Å². The summed E-state index contributed by atoms with van der Waals surface area (Å²) in [5.41, 5.74) is 0.285. The van der Waals surface area contributed by atoms with Gasteiger partial charge in [-0.1, -0.05) is 11.8 Å². The maximum Gasteiger partial charge on any atom is 0.228 e. The van der Waals surface area contributed by atoms with E-state index in [0.717, 1.165) is 0 Å². The lowest BCUT2D eigenvalue weighted by molar-refractivity contribution is 0.580.